The third kappa shape index (κ3) is 4.28. The molecule has 0 radical (unpaired) electrons. The van der Waals surface area contributed by atoms with Crippen LogP contribution in [0.25, 0.3) is 5.69 Å². The molecule has 2 heterocycles. The van der Waals surface area contributed by atoms with Gasteiger partial charge < -0.3 is 15.4 Å². The van der Waals surface area contributed by atoms with Crippen molar-refractivity contribution in [1.29, 1.82) is 0 Å². The van der Waals surface area contributed by atoms with Gasteiger partial charge in [0.25, 0.3) is 0 Å². The average molecular weight is 380 g/mol. The van der Waals surface area contributed by atoms with E-state index in [0.717, 1.165) is 0 Å². The van der Waals surface area contributed by atoms with Crippen molar-refractivity contribution in [1.82, 2.24) is 25.5 Å². The summed E-state index contributed by atoms with van der Waals surface area (Å²) in [5.41, 5.74) is 1.15. The van der Waals surface area contributed by atoms with E-state index in [4.69, 9.17) is 4.74 Å². The molecule has 10 nitrogen and oxygen atoms in total. The first-order valence-corrected chi connectivity index (χ1v) is 9.88. The number of hydrogen-bond donors (Lipinski definition) is 2. The van der Waals surface area contributed by atoms with Crippen molar-refractivity contribution in [3.05, 3.63) is 24.0 Å². The molecule has 26 heavy (non-hydrogen) atoms. The van der Waals surface area contributed by atoms with E-state index in [1.807, 2.05) is 0 Å². The number of anilines is 1. The SMILES string of the molecule is COc1cc(NC(=O)NCC2CCS(=O)(=O)C2)cc(-n2nnnc2C)c1. The minimum Gasteiger partial charge on any atom is -0.497 e. The molecule has 1 aromatic carbocycles. The molecule has 2 N–H and O–H groups in total. The molecule has 0 saturated carbocycles. The standard InChI is InChI=1S/C15H20N6O4S/c1-10-18-19-20-21(10)13-5-12(6-14(7-13)25-2)17-15(22)16-8-11-3-4-26(23,24)9-11/h5-7,11H,3-4,8-9H2,1-2H3,(H2,16,17,22). The fraction of sp³-hybridized carbons (Fsp3) is 0.467. The number of aryl methyl sites for hydroxylation is 1. The van der Waals surface area contributed by atoms with Crippen molar-refractivity contribution in [3.63, 3.8) is 0 Å². The minimum atomic E-state index is -2.96. The van der Waals surface area contributed by atoms with Crippen LogP contribution in [0.3, 0.4) is 0 Å². The van der Waals surface area contributed by atoms with Crippen LogP contribution in [0.5, 0.6) is 5.75 Å². The highest BCUT2D eigenvalue weighted by Gasteiger charge is 2.27. The van der Waals surface area contributed by atoms with Crippen molar-refractivity contribution in [2.24, 2.45) is 5.92 Å². The van der Waals surface area contributed by atoms with Crippen molar-refractivity contribution in [3.8, 4) is 11.4 Å². The molecule has 1 aliphatic rings. The van der Waals surface area contributed by atoms with Gasteiger partial charge in [-0.3, -0.25) is 0 Å². The Labute approximate surface area is 150 Å². The van der Waals surface area contributed by atoms with E-state index >= 15 is 0 Å². The van der Waals surface area contributed by atoms with Gasteiger partial charge in [-0.15, -0.1) is 5.10 Å². The van der Waals surface area contributed by atoms with Gasteiger partial charge in [-0.2, -0.15) is 4.68 Å². The van der Waals surface area contributed by atoms with E-state index in [9.17, 15) is 13.2 Å². The summed E-state index contributed by atoms with van der Waals surface area (Å²) in [4.78, 5) is 12.1. The van der Waals surface area contributed by atoms with Crippen LogP contribution in [0.15, 0.2) is 18.2 Å². The second kappa shape index (κ2) is 7.28. The van der Waals surface area contributed by atoms with Crippen LogP contribution in [0.1, 0.15) is 12.2 Å². The fourth-order valence-electron chi connectivity index (χ4n) is 2.81. The molecule has 1 unspecified atom stereocenters. The Morgan fingerprint density at radius 2 is 2.19 bits per heavy atom. The molecule has 2 amide bonds. The number of urea groups is 1. The second-order valence-corrected chi connectivity index (χ2v) is 8.39. The molecule has 140 valence electrons. The highest BCUT2D eigenvalue weighted by molar-refractivity contribution is 7.91. The first-order chi connectivity index (χ1) is 12.4. The van der Waals surface area contributed by atoms with Crippen molar-refractivity contribution in [2.45, 2.75) is 13.3 Å². The zero-order valence-electron chi connectivity index (χ0n) is 14.5. The number of ether oxygens (including phenoxy) is 1. The Hall–Kier alpha value is -2.69. The van der Waals surface area contributed by atoms with Gasteiger partial charge in [0.1, 0.15) is 5.75 Å². The topological polar surface area (TPSA) is 128 Å². The number of hydrogen-bond acceptors (Lipinski definition) is 7. The molecule has 0 bridgehead atoms. The average Bonchev–Trinajstić information content (AvgIpc) is 3.17. The van der Waals surface area contributed by atoms with Crippen LogP contribution in [0, 0.1) is 12.8 Å². The normalized spacial score (nSPS) is 18.5. The van der Waals surface area contributed by atoms with Crippen molar-refractivity contribution < 1.29 is 17.9 Å². The van der Waals surface area contributed by atoms with Gasteiger partial charge in [0.15, 0.2) is 15.7 Å². The van der Waals surface area contributed by atoms with Crippen molar-refractivity contribution >= 4 is 21.6 Å². The highest BCUT2D eigenvalue weighted by atomic mass is 32.2. The van der Waals surface area contributed by atoms with Crippen LogP contribution in [0.2, 0.25) is 0 Å². The molecule has 0 spiro atoms. The maximum absolute atomic E-state index is 12.1. The third-order valence-electron chi connectivity index (χ3n) is 4.13. The molecule has 11 heteroatoms. The maximum Gasteiger partial charge on any atom is 0.319 e. The van der Waals surface area contributed by atoms with Gasteiger partial charge in [0.05, 0.1) is 24.3 Å². The molecule has 1 saturated heterocycles. The predicted octanol–water partition coefficient (Wildman–Crippen LogP) is 0.536. The summed E-state index contributed by atoms with van der Waals surface area (Å²) < 4.78 is 29.7. The lowest BCUT2D eigenvalue weighted by Gasteiger charge is -2.13. The first-order valence-electron chi connectivity index (χ1n) is 8.06. The zero-order valence-corrected chi connectivity index (χ0v) is 15.3. The smallest absolute Gasteiger partial charge is 0.319 e. The van der Waals surface area contributed by atoms with Gasteiger partial charge in [0.2, 0.25) is 0 Å². The Kier molecular flexibility index (Phi) is 5.07. The third-order valence-corrected chi connectivity index (χ3v) is 5.97. The number of carbonyl (C=O) groups excluding carboxylic acids is 1. The Morgan fingerprint density at radius 1 is 1.38 bits per heavy atom. The molecule has 1 aromatic heterocycles. The van der Waals surface area contributed by atoms with E-state index in [1.165, 1.54) is 11.8 Å². The Morgan fingerprint density at radius 3 is 2.81 bits per heavy atom. The van der Waals surface area contributed by atoms with Gasteiger partial charge in [-0.05, 0) is 35.8 Å². The Bertz CT molecular complexity index is 911. The van der Waals surface area contributed by atoms with Gasteiger partial charge in [0, 0.05) is 24.4 Å². The number of benzene rings is 1. The number of rotatable bonds is 5. The first kappa shape index (κ1) is 18.1. The molecule has 0 aliphatic carbocycles. The number of sulfone groups is 1. The number of nitrogens with zero attached hydrogens (tertiary/aromatic N) is 4. The molecular formula is C15H20N6O4S. The van der Waals surface area contributed by atoms with Crippen molar-refractivity contribution in [2.75, 3.05) is 30.5 Å². The molecular weight excluding hydrogens is 360 g/mol. The summed E-state index contributed by atoms with van der Waals surface area (Å²) in [5.74, 6) is 1.39. The molecule has 2 aromatic rings. The number of methoxy groups -OCH3 is 1. The molecule has 1 atom stereocenters. The second-order valence-electron chi connectivity index (χ2n) is 6.16. The van der Waals surface area contributed by atoms with E-state index in [2.05, 4.69) is 26.2 Å². The lowest BCUT2D eigenvalue weighted by molar-refractivity contribution is 0.250. The summed E-state index contributed by atoms with van der Waals surface area (Å²) in [6, 6.07) is 4.71. The number of amides is 2. The number of tetrazole rings is 1. The van der Waals surface area contributed by atoms with Crippen LogP contribution in [0.4, 0.5) is 10.5 Å². The van der Waals surface area contributed by atoms with Gasteiger partial charge in [-0.1, -0.05) is 0 Å². The monoisotopic (exact) mass is 380 g/mol. The lowest BCUT2D eigenvalue weighted by Crippen LogP contribution is -2.33. The molecule has 3 rings (SSSR count). The number of carbonyl (C=O) groups is 1. The van der Waals surface area contributed by atoms with E-state index in [1.54, 1.807) is 25.1 Å². The Balaban J connectivity index is 1.67. The van der Waals surface area contributed by atoms with Crippen LogP contribution >= 0.6 is 0 Å². The highest BCUT2D eigenvalue weighted by Crippen LogP contribution is 2.23. The largest absolute Gasteiger partial charge is 0.497 e. The van der Waals surface area contributed by atoms with E-state index < -0.39 is 15.9 Å². The van der Waals surface area contributed by atoms with Crippen LogP contribution in [-0.2, 0) is 9.84 Å². The maximum atomic E-state index is 12.1. The predicted molar refractivity (Wildman–Crippen MR) is 94.2 cm³/mol. The van der Waals surface area contributed by atoms with E-state index in [-0.39, 0.29) is 17.4 Å². The number of nitrogens with one attached hydrogen (secondary N) is 2. The van der Waals surface area contributed by atoms with Gasteiger partial charge in [-0.25, -0.2) is 13.2 Å². The zero-order chi connectivity index (χ0) is 18.7. The summed E-state index contributed by atoms with van der Waals surface area (Å²) in [5, 5.41) is 16.8. The van der Waals surface area contributed by atoms with E-state index in [0.29, 0.717) is 35.9 Å². The minimum absolute atomic E-state index is 0.0458. The van der Waals surface area contributed by atoms with Crippen LogP contribution in [-0.4, -0.2) is 59.8 Å². The lowest BCUT2D eigenvalue weighted by atomic mass is 10.1. The number of aromatic nitrogens is 4. The molecule has 1 fully saturated rings. The summed E-state index contributed by atoms with van der Waals surface area (Å²) in [6.07, 6.45) is 0.574. The van der Waals surface area contributed by atoms with Gasteiger partial charge >= 0.3 is 6.03 Å². The summed E-state index contributed by atoms with van der Waals surface area (Å²) in [7, 11) is -1.43. The summed E-state index contributed by atoms with van der Waals surface area (Å²) in [6.45, 7) is 2.07. The summed E-state index contributed by atoms with van der Waals surface area (Å²) >= 11 is 0. The quantitative estimate of drug-likeness (QED) is 0.774. The molecule has 1 aliphatic heterocycles. The fourth-order valence-corrected chi connectivity index (χ4v) is 4.67. The van der Waals surface area contributed by atoms with Crippen LogP contribution < -0.4 is 15.4 Å².